The molecule has 1 aromatic heterocycles. The fourth-order valence-corrected chi connectivity index (χ4v) is 3.18. The Hall–Kier alpha value is -2.09. The van der Waals surface area contributed by atoms with E-state index < -0.39 is 5.91 Å². The van der Waals surface area contributed by atoms with Crippen LogP contribution in [0.5, 0.6) is 0 Å². The van der Waals surface area contributed by atoms with E-state index in [4.69, 9.17) is 23.2 Å². The van der Waals surface area contributed by atoms with Gasteiger partial charge in [0.05, 0.1) is 15.6 Å². The van der Waals surface area contributed by atoms with Crippen molar-refractivity contribution < 1.29 is 9.59 Å². The summed E-state index contributed by atoms with van der Waals surface area (Å²) in [6.45, 7) is 1.77. The average Bonchev–Trinajstić information content (AvgIpc) is 3.04. The van der Waals surface area contributed by atoms with Crippen molar-refractivity contribution in [1.82, 2.24) is 20.5 Å². The molecule has 0 atom stereocenters. The van der Waals surface area contributed by atoms with Crippen LogP contribution in [0.1, 0.15) is 33.7 Å². The Balaban J connectivity index is 1.65. The van der Waals surface area contributed by atoms with E-state index in [9.17, 15) is 9.59 Å². The van der Waals surface area contributed by atoms with Crippen molar-refractivity contribution in [3.05, 3.63) is 51.8 Å². The molecule has 0 radical (unpaired) electrons. The molecule has 3 N–H and O–H groups in total. The summed E-state index contributed by atoms with van der Waals surface area (Å²) in [5, 5.41) is 10.7. The van der Waals surface area contributed by atoms with E-state index in [1.807, 2.05) is 0 Å². The Morgan fingerprint density at radius 3 is 2.48 bits per heavy atom. The number of aromatic nitrogens is 2. The van der Waals surface area contributed by atoms with Gasteiger partial charge in [0.2, 0.25) is 0 Å². The first-order valence-electron chi connectivity index (χ1n) is 7.87. The summed E-state index contributed by atoms with van der Waals surface area (Å²) in [7, 11) is 0. The van der Waals surface area contributed by atoms with Crippen LogP contribution in [0.3, 0.4) is 0 Å². The minimum absolute atomic E-state index is 0.135. The van der Waals surface area contributed by atoms with Crippen molar-refractivity contribution >= 4 is 35.0 Å². The minimum Gasteiger partial charge on any atom is -0.348 e. The molecule has 1 aromatic carbocycles. The SMILES string of the molecule is O=C(NC1CCNCC1)c1ccn(NC(=O)c2c(Cl)cccc2Cl)n1. The molecule has 0 aliphatic carbocycles. The maximum Gasteiger partial charge on any atom is 0.274 e. The Kier molecular flexibility index (Phi) is 5.57. The van der Waals surface area contributed by atoms with Gasteiger partial charge in [-0.15, -0.1) is 5.10 Å². The number of piperidine rings is 1. The lowest BCUT2D eigenvalue weighted by Gasteiger charge is -2.23. The third-order valence-electron chi connectivity index (χ3n) is 3.90. The number of carbonyl (C=O) groups excluding carboxylic acids is 2. The van der Waals surface area contributed by atoms with Crippen LogP contribution in [0, 0.1) is 0 Å². The molecule has 25 heavy (non-hydrogen) atoms. The molecule has 9 heteroatoms. The van der Waals surface area contributed by atoms with Gasteiger partial charge in [-0.1, -0.05) is 29.3 Å². The summed E-state index contributed by atoms with van der Waals surface area (Å²) in [6.07, 6.45) is 3.25. The summed E-state index contributed by atoms with van der Waals surface area (Å²) in [4.78, 5) is 25.7. The molecule has 3 rings (SSSR count). The molecule has 0 unspecified atom stereocenters. The van der Waals surface area contributed by atoms with Crippen molar-refractivity contribution in [1.29, 1.82) is 0 Å². The fourth-order valence-electron chi connectivity index (χ4n) is 2.61. The molecule has 0 spiro atoms. The van der Waals surface area contributed by atoms with Gasteiger partial charge < -0.3 is 10.6 Å². The quantitative estimate of drug-likeness (QED) is 0.756. The minimum atomic E-state index is -0.510. The Bertz CT molecular complexity index is 766. The number of benzene rings is 1. The van der Waals surface area contributed by atoms with Crippen LogP contribution in [0.4, 0.5) is 0 Å². The van der Waals surface area contributed by atoms with E-state index in [1.54, 1.807) is 18.2 Å². The van der Waals surface area contributed by atoms with Crippen LogP contribution in [-0.2, 0) is 0 Å². The molecule has 1 saturated heterocycles. The lowest BCUT2D eigenvalue weighted by Crippen LogP contribution is -2.42. The van der Waals surface area contributed by atoms with E-state index >= 15 is 0 Å². The van der Waals surface area contributed by atoms with E-state index in [-0.39, 0.29) is 33.3 Å². The largest absolute Gasteiger partial charge is 0.348 e. The third-order valence-corrected chi connectivity index (χ3v) is 4.53. The van der Waals surface area contributed by atoms with Crippen molar-refractivity contribution in [2.75, 3.05) is 18.5 Å². The Morgan fingerprint density at radius 2 is 1.80 bits per heavy atom. The molecular formula is C16H17Cl2N5O2. The van der Waals surface area contributed by atoms with Crippen LogP contribution in [0.2, 0.25) is 10.0 Å². The highest BCUT2D eigenvalue weighted by Gasteiger charge is 2.19. The summed E-state index contributed by atoms with van der Waals surface area (Å²) < 4.78 is 0. The van der Waals surface area contributed by atoms with Crippen LogP contribution < -0.4 is 16.1 Å². The van der Waals surface area contributed by atoms with E-state index in [0.717, 1.165) is 25.9 Å². The molecule has 1 aliphatic heterocycles. The molecule has 2 amide bonds. The van der Waals surface area contributed by atoms with Gasteiger partial charge in [-0.25, -0.2) is 5.43 Å². The molecule has 2 heterocycles. The molecule has 7 nitrogen and oxygen atoms in total. The summed E-state index contributed by atoms with van der Waals surface area (Å²) in [5.41, 5.74) is 2.91. The van der Waals surface area contributed by atoms with E-state index in [2.05, 4.69) is 21.2 Å². The Morgan fingerprint density at radius 1 is 1.12 bits per heavy atom. The zero-order valence-electron chi connectivity index (χ0n) is 13.3. The summed E-state index contributed by atoms with van der Waals surface area (Å²) >= 11 is 12.0. The van der Waals surface area contributed by atoms with Crippen molar-refractivity contribution in [3.8, 4) is 0 Å². The number of hydrogen-bond donors (Lipinski definition) is 3. The van der Waals surface area contributed by atoms with Gasteiger partial charge in [0.1, 0.15) is 0 Å². The van der Waals surface area contributed by atoms with Gasteiger partial charge in [-0.05, 0) is 44.1 Å². The maximum absolute atomic E-state index is 12.3. The highest BCUT2D eigenvalue weighted by atomic mass is 35.5. The van der Waals surface area contributed by atoms with Crippen LogP contribution in [0.15, 0.2) is 30.5 Å². The van der Waals surface area contributed by atoms with Gasteiger partial charge in [-0.2, -0.15) is 4.79 Å². The maximum atomic E-state index is 12.3. The van der Waals surface area contributed by atoms with Crippen LogP contribution >= 0.6 is 23.2 Å². The van der Waals surface area contributed by atoms with E-state index in [1.165, 1.54) is 17.1 Å². The molecule has 1 fully saturated rings. The number of nitrogens with one attached hydrogen (secondary N) is 3. The molecular weight excluding hydrogens is 365 g/mol. The molecule has 132 valence electrons. The average molecular weight is 382 g/mol. The Labute approximate surface area is 154 Å². The topological polar surface area (TPSA) is 88.0 Å². The number of rotatable bonds is 4. The molecule has 0 bridgehead atoms. The zero-order chi connectivity index (χ0) is 17.8. The predicted octanol–water partition coefficient (Wildman–Crippen LogP) is 2.06. The van der Waals surface area contributed by atoms with E-state index in [0.29, 0.717) is 0 Å². The first-order valence-corrected chi connectivity index (χ1v) is 8.63. The monoisotopic (exact) mass is 381 g/mol. The number of amides is 2. The number of halogens is 2. The fraction of sp³-hybridized carbons (Fsp3) is 0.312. The van der Waals surface area contributed by atoms with Gasteiger partial charge in [0.15, 0.2) is 5.69 Å². The highest BCUT2D eigenvalue weighted by Crippen LogP contribution is 2.24. The van der Waals surface area contributed by atoms with Crippen molar-refractivity contribution in [2.45, 2.75) is 18.9 Å². The molecule has 0 saturated carbocycles. The predicted molar refractivity (Wildman–Crippen MR) is 95.7 cm³/mol. The smallest absolute Gasteiger partial charge is 0.274 e. The number of hydrogen-bond acceptors (Lipinski definition) is 4. The second kappa shape index (κ2) is 7.86. The number of carbonyl (C=O) groups is 2. The van der Waals surface area contributed by atoms with Gasteiger partial charge >= 0.3 is 0 Å². The molecule has 2 aromatic rings. The second-order valence-corrected chi connectivity index (χ2v) is 6.50. The van der Waals surface area contributed by atoms with Gasteiger partial charge in [0, 0.05) is 12.2 Å². The van der Waals surface area contributed by atoms with Crippen LogP contribution in [-0.4, -0.2) is 40.8 Å². The number of nitrogens with zero attached hydrogens (tertiary/aromatic N) is 2. The summed E-state index contributed by atoms with van der Waals surface area (Å²) in [6, 6.07) is 6.46. The summed E-state index contributed by atoms with van der Waals surface area (Å²) in [5.74, 6) is -0.778. The standard InChI is InChI=1S/C16H17Cl2N5O2/c17-11-2-1-3-12(18)14(11)16(25)22-23-9-6-13(21-23)15(24)20-10-4-7-19-8-5-10/h1-3,6,9-10,19H,4-5,7-8H2,(H,20,24)(H,22,25). The van der Waals surface area contributed by atoms with Gasteiger partial charge in [0.25, 0.3) is 11.8 Å². The van der Waals surface area contributed by atoms with Crippen LogP contribution in [0.25, 0.3) is 0 Å². The lowest BCUT2D eigenvalue weighted by atomic mass is 10.1. The van der Waals surface area contributed by atoms with Crippen molar-refractivity contribution in [2.24, 2.45) is 0 Å². The first-order chi connectivity index (χ1) is 12.0. The zero-order valence-corrected chi connectivity index (χ0v) is 14.8. The highest BCUT2D eigenvalue weighted by molar-refractivity contribution is 6.40. The van der Waals surface area contributed by atoms with Crippen molar-refractivity contribution in [3.63, 3.8) is 0 Å². The third kappa shape index (κ3) is 4.31. The van der Waals surface area contributed by atoms with Gasteiger partial charge in [-0.3, -0.25) is 9.59 Å². The lowest BCUT2D eigenvalue weighted by molar-refractivity contribution is 0.0921. The second-order valence-electron chi connectivity index (χ2n) is 5.68. The normalized spacial score (nSPS) is 15.0. The molecule has 1 aliphatic rings. The first kappa shape index (κ1) is 17.7.